The van der Waals surface area contributed by atoms with Crippen molar-refractivity contribution >= 4 is 21.6 Å². The van der Waals surface area contributed by atoms with Gasteiger partial charge in [-0.1, -0.05) is 13.0 Å². The van der Waals surface area contributed by atoms with E-state index in [1.807, 2.05) is 25.1 Å². The number of nitrogens with one attached hydrogen (secondary N) is 1. The molecule has 27 heavy (non-hydrogen) atoms. The number of rotatable bonds is 6. The van der Waals surface area contributed by atoms with Gasteiger partial charge in [0, 0.05) is 43.2 Å². The number of aromatic nitrogens is 1. The molecule has 0 spiro atoms. The average Bonchev–Trinajstić information content (AvgIpc) is 2.69. The maximum absolute atomic E-state index is 12.0. The number of carbonyl (C=O) groups excluding carboxylic acids is 1. The number of benzene rings is 1. The van der Waals surface area contributed by atoms with Gasteiger partial charge in [-0.2, -0.15) is 0 Å². The first-order valence-corrected chi connectivity index (χ1v) is 10.8. The Morgan fingerprint density at radius 3 is 2.63 bits per heavy atom. The molecule has 0 aliphatic carbocycles. The van der Waals surface area contributed by atoms with Gasteiger partial charge in [0.1, 0.15) is 0 Å². The Bertz CT molecular complexity index is 957. The first-order chi connectivity index (χ1) is 12.8. The number of aryl methyl sites for hydroxylation is 1. The van der Waals surface area contributed by atoms with Crippen molar-refractivity contribution in [2.24, 2.45) is 0 Å². The van der Waals surface area contributed by atoms with E-state index in [9.17, 15) is 13.2 Å². The van der Waals surface area contributed by atoms with Crippen molar-refractivity contribution in [1.82, 2.24) is 9.71 Å². The third kappa shape index (κ3) is 4.20. The van der Waals surface area contributed by atoms with Crippen molar-refractivity contribution in [3.05, 3.63) is 47.8 Å². The van der Waals surface area contributed by atoms with E-state index in [1.165, 1.54) is 0 Å². The zero-order valence-corrected chi connectivity index (χ0v) is 16.7. The first kappa shape index (κ1) is 19.5. The topological polar surface area (TPSA) is 79.4 Å². The fourth-order valence-electron chi connectivity index (χ4n) is 3.33. The molecule has 0 saturated heterocycles. The summed E-state index contributed by atoms with van der Waals surface area (Å²) in [6.45, 7) is 3.57. The molecule has 1 aliphatic rings. The molecule has 1 atom stereocenters. The van der Waals surface area contributed by atoms with Crippen LogP contribution in [-0.2, 0) is 21.2 Å². The predicted octanol–water partition coefficient (Wildman–Crippen LogP) is 3.05. The molecular weight excluding hydrogens is 362 g/mol. The summed E-state index contributed by atoms with van der Waals surface area (Å²) in [7, 11) is -1.50. The van der Waals surface area contributed by atoms with Crippen LogP contribution in [0.25, 0.3) is 11.1 Å². The van der Waals surface area contributed by atoms with Gasteiger partial charge in [0.05, 0.1) is 5.75 Å². The molecule has 1 N–H and O–H groups in total. The van der Waals surface area contributed by atoms with Crippen LogP contribution >= 0.6 is 0 Å². The highest BCUT2D eigenvalue weighted by molar-refractivity contribution is 7.89. The van der Waals surface area contributed by atoms with Crippen LogP contribution in [0, 0.1) is 0 Å². The Kier molecular flexibility index (Phi) is 5.62. The molecule has 1 aromatic heterocycles. The Hall–Kier alpha value is -2.25. The van der Waals surface area contributed by atoms with Gasteiger partial charge in [0.25, 0.3) is 0 Å². The van der Waals surface area contributed by atoms with Gasteiger partial charge in [-0.15, -0.1) is 0 Å². The molecule has 1 unspecified atom stereocenters. The molecule has 7 heteroatoms. The lowest BCUT2D eigenvalue weighted by molar-refractivity contribution is -0.118. The first-order valence-electron chi connectivity index (χ1n) is 9.19. The molecule has 0 radical (unpaired) electrons. The summed E-state index contributed by atoms with van der Waals surface area (Å²) in [5.74, 6) is 0.182. The van der Waals surface area contributed by atoms with E-state index >= 15 is 0 Å². The molecule has 3 rings (SSSR count). The summed E-state index contributed by atoms with van der Waals surface area (Å²) in [5.41, 5.74) is 4.88. The number of hydrogen-bond acceptors (Lipinski definition) is 4. The number of anilines is 1. The van der Waals surface area contributed by atoms with E-state index in [2.05, 4.69) is 15.8 Å². The highest BCUT2D eigenvalue weighted by Crippen LogP contribution is 2.32. The van der Waals surface area contributed by atoms with E-state index in [0.717, 1.165) is 34.4 Å². The van der Waals surface area contributed by atoms with Crippen LogP contribution < -0.4 is 9.62 Å². The summed E-state index contributed by atoms with van der Waals surface area (Å²) in [6.07, 6.45) is 5.38. The molecule has 6 nitrogen and oxygen atoms in total. The Labute approximate surface area is 160 Å². The molecular formula is C20H25N3O3S. The van der Waals surface area contributed by atoms with Gasteiger partial charge < -0.3 is 4.90 Å². The summed E-state index contributed by atoms with van der Waals surface area (Å²) in [5, 5.41) is 0. The number of hydrogen-bond donors (Lipinski definition) is 1. The number of carbonyl (C=O) groups is 1. The van der Waals surface area contributed by atoms with Crippen molar-refractivity contribution in [1.29, 1.82) is 0 Å². The number of nitrogens with zero attached hydrogens (tertiary/aromatic N) is 2. The van der Waals surface area contributed by atoms with Gasteiger partial charge >= 0.3 is 0 Å². The summed E-state index contributed by atoms with van der Waals surface area (Å²) >= 11 is 0. The molecule has 2 aromatic rings. The number of pyridine rings is 1. The minimum absolute atomic E-state index is 0.0493. The fraction of sp³-hybridized carbons (Fsp3) is 0.400. The van der Waals surface area contributed by atoms with Crippen LogP contribution in [0.15, 0.2) is 36.7 Å². The second kappa shape index (κ2) is 7.78. The van der Waals surface area contributed by atoms with Crippen LogP contribution in [0.2, 0.25) is 0 Å². The van der Waals surface area contributed by atoms with Crippen molar-refractivity contribution in [2.45, 2.75) is 39.2 Å². The van der Waals surface area contributed by atoms with Gasteiger partial charge in [0.15, 0.2) is 0 Å². The zero-order valence-electron chi connectivity index (χ0n) is 15.9. The van der Waals surface area contributed by atoms with Crippen molar-refractivity contribution < 1.29 is 13.2 Å². The highest BCUT2D eigenvalue weighted by atomic mass is 32.2. The van der Waals surface area contributed by atoms with Gasteiger partial charge in [-0.3, -0.25) is 9.78 Å². The van der Waals surface area contributed by atoms with Crippen LogP contribution in [0.4, 0.5) is 5.69 Å². The summed E-state index contributed by atoms with van der Waals surface area (Å²) in [4.78, 5) is 17.9. The molecule has 2 heterocycles. The smallest absolute Gasteiger partial charge is 0.227 e. The monoisotopic (exact) mass is 387 g/mol. The van der Waals surface area contributed by atoms with E-state index in [4.69, 9.17) is 0 Å². The maximum atomic E-state index is 12.0. The maximum Gasteiger partial charge on any atom is 0.227 e. The normalized spacial score (nSPS) is 15.5. The van der Waals surface area contributed by atoms with Crippen molar-refractivity contribution in [3.8, 4) is 11.1 Å². The van der Waals surface area contributed by atoms with Crippen molar-refractivity contribution in [2.75, 3.05) is 17.7 Å². The lowest BCUT2D eigenvalue weighted by atomic mass is 9.95. The largest absolute Gasteiger partial charge is 0.315 e. The fourth-order valence-corrected chi connectivity index (χ4v) is 4.23. The molecule has 0 bridgehead atoms. The number of amides is 1. The van der Waals surface area contributed by atoms with Crippen LogP contribution in [0.5, 0.6) is 0 Å². The van der Waals surface area contributed by atoms with Gasteiger partial charge in [-0.05, 0) is 54.7 Å². The minimum Gasteiger partial charge on any atom is -0.315 e. The SMILES string of the molecule is CCC(NS(=O)(=O)CC)c1cncc(-c2ccc3c(c2)CCC(=O)N3C)c1. The Morgan fingerprint density at radius 2 is 1.93 bits per heavy atom. The second-order valence-electron chi connectivity index (χ2n) is 6.79. The van der Waals surface area contributed by atoms with E-state index in [1.54, 1.807) is 31.3 Å². The second-order valence-corrected chi connectivity index (χ2v) is 8.83. The lowest BCUT2D eigenvalue weighted by Gasteiger charge is -2.26. The van der Waals surface area contributed by atoms with E-state index in [0.29, 0.717) is 12.8 Å². The van der Waals surface area contributed by atoms with Gasteiger partial charge in [0.2, 0.25) is 15.9 Å². The molecule has 144 valence electrons. The molecule has 1 amide bonds. The highest BCUT2D eigenvalue weighted by Gasteiger charge is 2.21. The molecule has 0 fully saturated rings. The number of fused-ring (bicyclic) bond motifs is 1. The third-order valence-electron chi connectivity index (χ3n) is 5.03. The van der Waals surface area contributed by atoms with E-state index in [-0.39, 0.29) is 17.7 Å². The standard InChI is InChI=1S/C20H25N3O3S/c1-4-18(22-27(25,26)5-2)17-11-16(12-21-13-17)14-6-8-19-15(10-14)7-9-20(24)23(19)3/h6,8,10-13,18,22H,4-5,7,9H2,1-3H3. The van der Waals surface area contributed by atoms with Crippen LogP contribution in [-0.4, -0.2) is 32.1 Å². The Balaban J connectivity index is 1.93. The van der Waals surface area contributed by atoms with Gasteiger partial charge in [-0.25, -0.2) is 13.1 Å². The summed E-state index contributed by atoms with van der Waals surface area (Å²) in [6, 6.07) is 7.72. The molecule has 1 aliphatic heterocycles. The molecule has 1 aromatic carbocycles. The van der Waals surface area contributed by atoms with E-state index < -0.39 is 10.0 Å². The third-order valence-corrected chi connectivity index (χ3v) is 6.43. The van der Waals surface area contributed by atoms with Crippen LogP contribution in [0.3, 0.4) is 0 Å². The summed E-state index contributed by atoms with van der Waals surface area (Å²) < 4.78 is 26.6. The lowest BCUT2D eigenvalue weighted by Crippen LogP contribution is -2.31. The molecule has 0 saturated carbocycles. The quantitative estimate of drug-likeness (QED) is 0.826. The Morgan fingerprint density at radius 1 is 1.15 bits per heavy atom. The predicted molar refractivity (Wildman–Crippen MR) is 107 cm³/mol. The minimum atomic E-state index is -3.30. The number of sulfonamides is 1. The zero-order chi connectivity index (χ0) is 19.6. The van der Waals surface area contributed by atoms with Crippen molar-refractivity contribution in [3.63, 3.8) is 0 Å². The van der Waals surface area contributed by atoms with Crippen LogP contribution in [0.1, 0.15) is 43.9 Å². The average molecular weight is 388 g/mol.